The van der Waals surface area contributed by atoms with E-state index < -0.39 is 17.6 Å². The van der Waals surface area contributed by atoms with E-state index in [1.807, 2.05) is 0 Å². The molecule has 1 atom stereocenters. The van der Waals surface area contributed by atoms with Crippen molar-refractivity contribution in [1.29, 1.82) is 0 Å². The predicted octanol–water partition coefficient (Wildman–Crippen LogP) is 1.45. The van der Waals surface area contributed by atoms with Gasteiger partial charge in [0.25, 0.3) is 0 Å². The van der Waals surface area contributed by atoms with Crippen LogP contribution in [0.15, 0.2) is 18.2 Å². The fraction of sp³-hybridized carbons (Fsp3) is 0.385. The lowest BCUT2D eigenvalue weighted by Gasteiger charge is -2.16. The average molecular weight is 268 g/mol. The van der Waals surface area contributed by atoms with E-state index >= 15 is 0 Å². The SMILES string of the molecule is CCNC(=O)C1CCN(c2ccc(F)c(F)c2)C1=O. The van der Waals surface area contributed by atoms with Crippen molar-refractivity contribution in [1.82, 2.24) is 5.32 Å². The molecule has 0 bridgehead atoms. The maximum absolute atomic E-state index is 13.1. The van der Waals surface area contributed by atoms with Crippen LogP contribution in [0.25, 0.3) is 0 Å². The van der Waals surface area contributed by atoms with Crippen molar-refractivity contribution in [3.63, 3.8) is 0 Å². The summed E-state index contributed by atoms with van der Waals surface area (Å²) in [6.07, 6.45) is 0.379. The molecule has 1 heterocycles. The summed E-state index contributed by atoms with van der Waals surface area (Å²) >= 11 is 0. The number of hydrogen-bond donors (Lipinski definition) is 1. The highest BCUT2D eigenvalue weighted by molar-refractivity contribution is 6.09. The Bertz CT molecular complexity index is 519. The van der Waals surface area contributed by atoms with Gasteiger partial charge in [-0.15, -0.1) is 0 Å². The molecule has 1 aromatic rings. The van der Waals surface area contributed by atoms with Crippen molar-refractivity contribution >= 4 is 17.5 Å². The third kappa shape index (κ3) is 2.57. The second kappa shape index (κ2) is 5.34. The lowest BCUT2D eigenvalue weighted by Crippen LogP contribution is -2.36. The molecule has 2 rings (SSSR count). The minimum absolute atomic E-state index is 0.274. The van der Waals surface area contributed by atoms with Crippen LogP contribution in [-0.4, -0.2) is 24.9 Å². The minimum Gasteiger partial charge on any atom is -0.356 e. The normalized spacial score (nSPS) is 18.8. The van der Waals surface area contributed by atoms with E-state index in [0.29, 0.717) is 19.5 Å². The topological polar surface area (TPSA) is 49.4 Å². The predicted molar refractivity (Wildman–Crippen MR) is 65.5 cm³/mol. The molecular formula is C13H14F2N2O2. The van der Waals surface area contributed by atoms with E-state index in [9.17, 15) is 18.4 Å². The highest BCUT2D eigenvalue weighted by Crippen LogP contribution is 2.26. The number of nitrogens with one attached hydrogen (secondary N) is 1. The zero-order valence-corrected chi connectivity index (χ0v) is 10.5. The van der Waals surface area contributed by atoms with Gasteiger partial charge in [-0.3, -0.25) is 9.59 Å². The summed E-state index contributed by atoms with van der Waals surface area (Å²) in [6, 6.07) is 3.27. The number of nitrogens with zero attached hydrogens (tertiary/aromatic N) is 1. The van der Waals surface area contributed by atoms with Gasteiger partial charge < -0.3 is 10.2 Å². The van der Waals surface area contributed by atoms with Gasteiger partial charge in [-0.05, 0) is 25.5 Å². The van der Waals surface area contributed by atoms with Crippen LogP contribution >= 0.6 is 0 Å². The van der Waals surface area contributed by atoms with Crippen molar-refractivity contribution in [2.45, 2.75) is 13.3 Å². The third-order valence-corrected chi connectivity index (χ3v) is 3.09. The number of hydrogen-bond acceptors (Lipinski definition) is 2. The summed E-state index contributed by atoms with van der Waals surface area (Å²) in [5.74, 6) is -3.41. The van der Waals surface area contributed by atoms with Gasteiger partial charge in [-0.25, -0.2) is 8.78 Å². The molecule has 0 aromatic heterocycles. The van der Waals surface area contributed by atoms with Gasteiger partial charge in [-0.1, -0.05) is 0 Å². The quantitative estimate of drug-likeness (QED) is 0.844. The summed E-state index contributed by atoms with van der Waals surface area (Å²) in [5.41, 5.74) is 0.274. The Hall–Kier alpha value is -1.98. The van der Waals surface area contributed by atoms with E-state index in [4.69, 9.17) is 0 Å². The number of halogens is 2. The molecule has 1 aliphatic heterocycles. The Morgan fingerprint density at radius 2 is 2.16 bits per heavy atom. The van der Waals surface area contributed by atoms with Crippen LogP contribution in [0.1, 0.15) is 13.3 Å². The molecule has 4 nitrogen and oxygen atoms in total. The summed E-state index contributed by atoms with van der Waals surface area (Å²) in [7, 11) is 0. The van der Waals surface area contributed by atoms with Gasteiger partial charge in [0.1, 0.15) is 5.92 Å². The van der Waals surface area contributed by atoms with Gasteiger partial charge in [0.2, 0.25) is 11.8 Å². The highest BCUT2D eigenvalue weighted by atomic mass is 19.2. The monoisotopic (exact) mass is 268 g/mol. The van der Waals surface area contributed by atoms with Crippen LogP contribution in [0.4, 0.5) is 14.5 Å². The molecule has 0 radical (unpaired) electrons. The summed E-state index contributed by atoms with van der Waals surface area (Å²) < 4.78 is 26.0. The molecule has 2 amide bonds. The Balaban J connectivity index is 2.17. The van der Waals surface area contributed by atoms with Crippen molar-refractivity contribution in [2.75, 3.05) is 18.0 Å². The lowest BCUT2D eigenvalue weighted by molar-refractivity contribution is -0.132. The van der Waals surface area contributed by atoms with Crippen LogP contribution in [0.2, 0.25) is 0 Å². The standard InChI is InChI=1S/C13H14F2N2O2/c1-2-16-12(18)9-5-6-17(13(9)19)8-3-4-10(14)11(15)7-8/h3-4,7,9H,2,5-6H2,1H3,(H,16,18). The van der Waals surface area contributed by atoms with Crippen molar-refractivity contribution in [2.24, 2.45) is 5.92 Å². The number of carbonyl (C=O) groups excluding carboxylic acids is 2. The third-order valence-electron chi connectivity index (χ3n) is 3.09. The maximum Gasteiger partial charge on any atom is 0.239 e. The first-order chi connectivity index (χ1) is 9.04. The number of anilines is 1. The molecule has 1 aromatic carbocycles. The summed E-state index contributed by atoms with van der Waals surface area (Å²) in [6.45, 7) is 2.55. The minimum atomic E-state index is -1.01. The van der Waals surface area contributed by atoms with Crippen molar-refractivity contribution in [3.8, 4) is 0 Å². The Morgan fingerprint density at radius 1 is 1.42 bits per heavy atom. The molecule has 6 heteroatoms. The largest absolute Gasteiger partial charge is 0.356 e. The Labute approximate surface area is 109 Å². The zero-order chi connectivity index (χ0) is 14.0. The lowest BCUT2D eigenvalue weighted by atomic mass is 10.1. The Morgan fingerprint density at radius 3 is 2.79 bits per heavy atom. The number of benzene rings is 1. The van der Waals surface area contributed by atoms with Crippen LogP contribution < -0.4 is 10.2 Å². The molecule has 1 fully saturated rings. The molecule has 1 N–H and O–H groups in total. The van der Waals surface area contributed by atoms with E-state index in [-0.39, 0.29) is 17.5 Å². The fourth-order valence-electron chi connectivity index (χ4n) is 2.13. The summed E-state index contributed by atoms with van der Waals surface area (Å²) in [4.78, 5) is 25.0. The molecule has 0 saturated carbocycles. The molecule has 1 saturated heterocycles. The van der Waals surface area contributed by atoms with Crippen LogP contribution in [0, 0.1) is 17.6 Å². The van der Waals surface area contributed by atoms with E-state index in [1.54, 1.807) is 6.92 Å². The first kappa shape index (κ1) is 13.5. The molecule has 102 valence electrons. The number of amides is 2. The van der Waals surface area contributed by atoms with Gasteiger partial charge >= 0.3 is 0 Å². The fourth-order valence-corrected chi connectivity index (χ4v) is 2.13. The van der Waals surface area contributed by atoms with Gasteiger partial charge in [0.05, 0.1) is 0 Å². The van der Waals surface area contributed by atoms with E-state index in [1.165, 1.54) is 11.0 Å². The average Bonchev–Trinajstić information content (AvgIpc) is 2.75. The number of rotatable bonds is 3. The maximum atomic E-state index is 13.1. The van der Waals surface area contributed by atoms with Crippen LogP contribution in [-0.2, 0) is 9.59 Å². The molecule has 1 unspecified atom stereocenters. The van der Waals surface area contributed by atoms with Gasteiger partial charge in [-0.2, -0.15) is 0 Å². The zero-order valence-electron chi connectivity index (χ0n) is 10.5. The van der Waals surface area contributed by atoms with Crippen molar-refractivity contribution in [3.05, 3.63) is 29.8 Å². The van der Waals surface area contributed by atoms with E-state index in [0.717, 1.165) is 12.1 Å². The first-order valence-corrected chi connectivity index (χ1v) is 6.08. The first-order valence-electron chi connectivity index (χ1n) is 6.08. The molecule has 0 spiro atoms. The van der Waals surface area contributed by atoms with Crippen molar-refractivity contribution < 1.29 is 18.4 Å². The van der Waals surface area contributed by atoms with Crippen LogP contribution in [0.5, 0.6) is 0 Å². The molecule has 0 aliphatic carbocycles. The smallest absolute Gasteiger partial charge is 0.239 e. The molecular weight excluding hydrogens is 254 g/mol. The Kier molecular flexibility index (Phi) is 3.78. The highest BCUT2D eigenvalue weighted by Gasteiger charge is 2.37. The van der Waals surface area contributed by atoms with Gasteiger partial charge in [0.15, 0.2) is 11.6 Å². The van der Waals surface area contributed by atoms with Crippen LogP contribution in [0.3, 0.4) is 0 Å². The van der Waals surface area contributed by atoms with E-state index in [2.05, 4.69) is 5.32 Å². The molecule has 19 heavy (non-hydrogen) atoms. The number of carbonyl (C=O) groups is 2. The van der Waals surface area contributed by atoms with Gasteiger partial charge in [0, 0.05) is 24.8 Å². The second-order valence-corrected chi connectivity index (χ2v) is 4.32. The second-order valence-electron chi connectivity index (χ2n) is 4.32. The summed E-state index contributed by atoms with van der Waals surface area (Å²) in [5, 5.41) is 2.59. The molecule has 1 aliphatic rings.